The molecule has 3 aromatic rings. The molecule has 0 fully saturated rings. The van der Waals surface area contributed by atoms with Gasteiger partial charge in [-0.05, 0) is 5.56 Å². The van der Waals surface area contributed by atoms with Crippen molar-refractivity contribution in [1.82, 2.24) is 0 Å². The summed E-state index contributed by atoms with van der Waals surface area (Å²) in [5.74, 6) is -0.539. The third-order valence-corrected chi connectivity index (χ3v) is 4.10. The van der Waals surface area contributed by atoms with Crippen LogP contribution in [0.15, 0.2) is 72.8 Å². The van der Waals surface area contributed by atoms with Crippen LogP contribution in [-0.4, -0.2) is 15.6 Å². The highest BCUT2D eigenvalue weighted by Gasteiger charge is 2.27. The van der Waals surface area contributed by atoms with Crippen molar-refractivity contribution in [2.75, 3.05) is 5.32 Å². The lowest BCUT2D eigenvalue weighted by molar-refractivity contribution is -0.393. The van der Waals surface area contributed by atoms with Gasteiger partial charge in [-0.3, -0.25) is 25.0 Å². The Morgan fingerprint density at radius 3 is 2.04 bits per heavy atom. The van der Waals surface area contributed by atoms with Gasteiger partial charge in [0.25, 0.3) is 11.4 Å². The van der Waals surface area contributed by atoms with Gasteiger partial charge in [0, 0.05) is 18.2 Å². The van der Waals surface area contributed by atoms with Crippen LogP contribution in [-0.2, 0) is 6.54 Å². The van der Waals surface area contributed by atoms with E-state index in [-0.39, 0.29) is 23.4 Å². The molecule has 28 heavy (non-hydrogen) atoms. The normalized spacial score (nSPS) is 10.3. The smallest absolute Gasteiger partial charge is 0.299 e. The Morgan fingerprint density at radius 2 is 1.46 bits per heavy atom. The number of rotatable bonds is 7. The maximum absolute atomic E-state index is 12.9. The fourth-order valence-electron chi connectivity index (χ4n) is 2.76. The Labute approximate surface area is 159 Å². The van der Waals surface area contributed by atoms with Crippen LogP contribution in [0, 0.1) is 20.2 Å². The van der Waals surface area contributed by atoms with Crippen molar-refractivity contribution >= 4 is 22.8 Å². The first-order valence-corrected chi connectivity index (χ1v) is 8.31. The van der Waals surface area contributed by atoms with Crippen molar-refractivity contribution in [2.24, 2.45) is 0 Å². The number of non-ortho nitro benzene ring substituents is 1. The molecule has 1 N–H and O–H groups in total. The van der Waals surface area contributed by atoms with E-state index in [1.165, 1.54) is 0 Å². The second-order valence-corrected chi connectivity index (χ2v) is 5.94. The molecule has 0 aromatic heterocycles. The third kappa shape index (κ3) is 4.01. The Hall–Kier alpha value is -4.07. The van der Waals surface area contributed by atoms with Crippen molar-refractivity contribution in [3.05, 3.63) is 110 Å². The monoisotopic (exact) mass is 377 g/mol. The summed E-state index contributed by atoms with van der Waals surface area (Å²) in [6, 6.07) is 19.2. The number of hydrogen-bond acceptors (Lipinski definition) is 6. The molecule has 3 aromatic carbocycles. The zero-order valence-electron chi connectivity index (χ0n) is 14.6. The SMILES string of the molecule is O=C(c1ccccc1)c1cc([N+](=O)[O-])cc([N+](=O)[O-])c1NCc1ccccc1. The summed E-state index contributed by atoms with van der Waals surface area (Å²) in [5.41, 5.74) is -0.0923. The second-order valence-electron chi connectivity index (χ2n) is 5.94. The van der Waals surface area contributed by atoms with E-state index in [0.717, 1.165) is 17.7 Å². The molecule has 0 aliphatic heterocycles. The number of nitro benzene ring substituents is 2. The summed E-state index contributed by atoms with van der Waals surface area (Å²) >= 11 is 0. The number of ketones is 1. The number of nitrogens with one attached hydrogen (secondary N) is 1. The Morgan fingerprint density at radius 1 is 0.857 bits per heavy atom. The molecule has 0 amide bonds. The van der Waals surface area contributed by atoms with Gasteiger partial charge in [-0.1, -0.05) is 60.7 Å². The number of anilines is 1. The molecule has 0 aliphatic carbocycles. The van der Waals surface area contributed by atoms with E-state index in [2.05, 4.69) is 5.32 Å². The van der Waals surface area contributed by atoms with Gasteiger partial charge in [0.1, 0.15) is 5.69 Å². The maximum atomic E-state index is 12.9. The summed E-state index contributed by atoms with van der Waals surface area (Å²) < 4.78 is 0. The zero-order chi connectivity index (χ0) is 20.1. The quantitative estimate of drug-likeness (QED) is 0.372. The average molecular weight is 377 g/mol. The molecule has 0 heterocycles. The van der Waals surface area contributed by atoms with Gasteiger partial charge in [-0.25, -0.2) is 0 Å². The highest BCUT2D eigenvalue weighted by Crippen LogP contribution is 2.35. The van der Waals surface area contributed by atoms with Gasteiger partial charge in [0.15, 0.2) is 5.78 Å². The van der Waals surface area contributed by atoms with Crippen molar-refractivity contribution in [1.29, 1.82) is 0 Å². The number of benzene rings is 3. The minimum Gasteiger partial charge on any atom is -0.375 e. The predicted molar refractivity (Wildman–Crippen MR) is 103 cm³/mol. The van der Waals surface area contributed by atoms with Crippen molar-refractivity contribution in [2.45, 2.75) is 6.54 Å². The van der Waals surface area contributed by atoms with Crippen LogP contribution >= 0.6 is 0 Å². The van der Waals surface area contributed by atoms with E-state index in [4.69, 9.17) is 0 Å². The van der Waals surface area contributed by atoms with Crippen LogP contribution in [0.2, 0.25) is 0 Å². The van der Waals surface area contributed by atoms with E-state index in [0.29, 0.717) is 0 Å². The molecule has 0 unspecified atom stereocenters. The molecular weight excluding hydrogens is 362 g/mol. The van der Waals surface area contributed by atoms with Crippen LogP contribution in [0.3, 0.4) is 0 Å². The van der Waals surface area contributed by atoms with Crippen LogP contribution in [0.4, 0.5) is 17.1 Å². The summed E-state index contributed by atoms with van der Waals surface area (Å²) in [7, 11) is 0. The lowest BCUT2D eigenvalue weighted by Gasteiger charge is -2.12. The highest BCUT2D eigenvalue weighted by atomic mass is 16.6. The minimum atomic E-state index is -0.754. The largest absolute Gasteiger partial charge is 0.375 e. The molecule has 8 heteroatoms. The molecule has 0 aliphatic rings. The first-order valence-electron chi connectivity index (χ1n) is 8.31. The average Bonchev–Trinajstić information content (AvgIpc) is 2.72. The number of carbonyl (C=O) groups excluding carboxylic acids is 1. The fourth-order valence-corrected chi connectivity index (χ4v) is 2.76. The molecule has 0 radical (unpaired) electrons. The topological polar surface area (TPSA) is 115 Å². The van der Waals surface area contributed by atoms with E-state index in [9.17, 15) is 25.0 Å². The van der Waals surface area contributed by atoms with E-state index in [1.807, 2.05) is 30.3 Å². The third-order valence-electron chi connectivity index (χ3n) is 4.10. The van der Waals surface area contributed by atoms with Crippen LogP contribution in [0.5, 0.6) is 0 Å². The summed E-state index contributed by atoms with van der Waals surface area (Å²) in [4.78, 5) is 34.2. The van der Waals surface area contributed by atoms with Gasteiger partial charge >= 0.3 is 0 Å². The molecule has 0 atom stereocenters. The van der Waals surface area contributed by atoms with Crippen molar-refractivity contribution < 1.29 is 14.6 Å². The van der Waals surface area contributed by atoms with Crippen LogP contribution in [0.1, 0.15) is 21.5 Å². The molecule has 0 saturated heterocycles. The Balaban J connectivity index is 2.12. The summed E-state index contributed by atoms with van der Waals surface area (Å²) in [6.45, 7) is 0.217. The van der Waals surface area contributed by atoms with Crippen LogP contribution in [0.25, 0.3) is 0 Å². The molecule has 140 valence electrons. The zero-order valence-corrected chi connectivity index (χ0v) is 14.6. The maximum Gasteiger partial charge on any atom is 0.299 e. The number of hydrogen-bond donors (Lipinski definition) is 1. The molecule has 8 nitrogen and oxygen atoms in total. The number of nitro groups is 2. The first kappa shape index (κ1) is 18.7. The first-order chi connectivity index (χ1) is 13.5. The van der Waals surface area contributed by atoms with E-state index < -0.39 is 27.0 Å². The van der Waals surface area contributed by atoms with Gasteiger partial charge in [0.05, 0.1) is 21.5 Å². The van der Waals surface area contributed by atoms with Crippen LogP contribution < -0.4 is 5.32 Å². The van der Waals surface area contributed by atoms with Crippen molar-refractivity contribution in [3.8, 4) is 0 Å². The molecule has 3 rings (SSSR count). The summed E-state index contributed by atoms with van der Waals surface area (Å²) in [5, 5.41) is 25.7. The van der Waals surface area contributed by atoms with E-state index in [1.54, 1.807) is 30.3 Å². The van der Waals surface area contributed by atoms with Gasteiger partial charge in [-0.2, -0.15) is 0 Å². The lowest BCUT2D eigenvalue weighted by atomic mass is 9.99. The number of nitrogens with zero attached hydrogens (tertiary/aromatic N) is 2. The second kappa shape index (κ2) is 8.09. The lowest BCUT2D eigenvalue weighted by Crippen LogP contribution is -2.11. The van der Waals surface area contributed by atoms with Gasteiger partial charge in [0.2, 0.25) is 0 Å². The molecule has 0 bridgehead atoms. The van der Waals surface area contributed by atoms with Gasteiger partial charge in [-0.15, -0.1) is 0 Å². The minimum absolute atomic E-state index is 0.0479. The molecule has 0 spiro atoms. The summed E-state index contributed by atoms with van der Waals surface area (Å²) in [6.07, 6.45) is 0. The van der Waals surface area contributed by atoms with Gasteiger partial charge < -0.3 is 5.32 Å². The fraction of sp³-hybridized carbons (Fsp3) is 0.0500. The predicted octanol–water partition coefficient (Wildman–Crippen LogP) is 4.35. The van der Waals surface area contributed by atoms with Crippen molar-refractivity contribution in [3.63, 3.8) is 0 Å². The highest BCUT2D eigenvalue weighted by molar-refractivity contribution is 6.13. The number of carbonyl (C=O) groups is 1. The standard InChI is InChI=1S/C20H15N3O5/c24-20(15-9-5-2-6-10-15)17-11-16(22(25)26)12-18(23(27)28)19(17)21-13-14-7-3-1-4-8-14/h1-12,21H,13H2. The molecule has 0 saturated carbocycles. The van der Waals surface area contributed by atoms with E-state index >= 15 is 0 Å². The Kier molecular flexibility index (Phi) is 5.40. The molecular formula is C20H15N3O5. The Bertz CT molecular complexity index is 1040.